The number of likely N-dealkylation sites (N-methyl/N-ethyl adjacent to an activating group) is 2. The lowest BCUT2D eigenvalue weighted by atomic mass is 10.0. The van der Waals surface area contributed by atoms with Crippen LogP contribution in [0.4, 0.5) is 0 Å². The number of pyridine rings is 1. The van der Waals surface area contributed by atoms with E-state index in [1.54, 1.807) is 0 Å². The monoisotopic (exact) mass is 283 g/mol. The van der Waals surface area contributed by atoms with Gasteiger partial charge >= 0.3 is 0 Å². The Labute approximate surface area is 128 Å². The van der Waals surface area contributed by atoms with Crippen molar-refractivity contribution >= 4 is 0 Å². The molecule has 112 valence electrons. The van der Waals surface area contributed by atoms with Crippen molar-refractivity contribution in [3.63, 3.8) is 0 Å². The number of rotatable bonds is 7. The molecule has 0 bridgehead atoms. The first-order chi connectivity index (χ1) is 10.2. The minimum atomic E-state index is 0.364. The van der Waals surface area contributed by atoms with E-state index in [9.17, 15) is 0 Å². The van der Waals surface area contributed by atoms with Gasteiger partial charge in [0.15, 0.2) is 0 Å². The molecular formula is C18H25N3. The van der Waals surface area contributed by atoms with Crippen LogP contribution in [0.1, 0.15) is 29.9 Å². The SMILES string of the molecule is CCN(Cc1cccc(C)n1)C(CNC)c1ccccc1. The smallest absolute Gasteiger partial charge is 0.0547 e. The van der Waals surface area contributed by atoms with Gasteiger partial charge in [-0.1, -0.05) is 43.3 Å². The number of hydrogen-bond donors (Lipinski definition) is 1. The first-order valence-electron chi connectivity index (χ1n) is 7.60. The maximum absolute atomic E-state index is 4.64. The van der Waals surface area contributed by atoms with Crippen molar-refractivity contribution in [3.05, 3.63) is 65.5 Å². The highest BCUT2D eigenvalue weighted by atomic mass is 15.2. The van der Waals surface area contributed by atoms with E-state index in [0.29, 0.717) is 6.04 Å². The Morgan fingerprint density at radius 3 is 2.48 bits per heavy atom. The third kappa shape index (κ3) is 4.38. The topological polar surface area (TPSA) is 28.2 Å². The zero-order valence-electron chi connectivity index (χ0n) is 13.2. The van der Waals surface area contributed by atoms with Gasteiger partial charge in [-0.15, -0.1) is 0 Å². The molecule has 1 atom stereocenters. The predicted molar refractivity (Wildman–Crippen MR) is 88.2 cm³/mol. The van der Waals surface area contributed by atoms with Crippen molar-refractivity contribution in [1.82, 2.24) is 15.2 Å². The Balaban J connectivity index is 2.20. The highest BCUT2D eigenvalue weighted by Crippen LogP contribution is 2.21. The van der Waals surface area contributed by atoms with Crippen LogP contribution in [0.25, 0.3) is 0 Å². The van der Waals surface area contributed by atoms with Gasteiger partial charge in [0.25, 0.3) is 0 Å². The predicted octanol–water partition coefficient (Wildman–Crippen LogP) is 3.17. The summed E-state index contributed by atoms with van der Waals surface area (Å²) in [5.74, 6) is 0. The zero-order valence-corrected chi connectivity index (χ0v) is 13.2. The number of aromatic nitrogens is 1. The van der Waals surface area contributed by atoms with Crippen molar-refractivity contribution in [2.24, 2.45) is 0 Å². The highest BCUT2D eigenvalue weighted by Gasteiger charge is 2.18. The number of aryl methyl sites for hydroxylation is 1. The van der Waals surface area contributed by atoms with Gasteiger partial charge in [0.1, 0.15) is 0 Å². The summed E-state index contributed by atoms with van der Waals surface area (Å²) in [4.78, 5) is 7.10. The second-order valence-corrected chi connectivity index (χ2v) is 5.32. The zero-order chi connectivity index (χ0) is 15.1. The molecule has 0 radical (unpaired) electrons. The van der Waals surface area contributed by atoms with Gasteiger partial charge in [0, 0.05) is 24.8 Å². The normalized spacial score (nSPS) is 12.6. The third-order valence-electron chi connectivity index (χ3n) is 3.74. The van der Waals surface area contributed by atoms with Crippen molar-refractivity contribution in [2.75, 3.05) is 20.1 Å². The quantitative estimate of drug-likeness (QED) is 0.846. The number of hydrogen-bond acceptors (Lipinski definition) is 3. The molecule has 0 fully saturated rings. The fraction of sp³-hybridized carbons (Fsp3) is 0.389. The summed E-state index contributed by atoms with van der Waals surface area (Å²) in [6, 6.07) is 17.3. The van der Waals surface area contributed by atoms with Crippen molar-refractivity contribution < 1.29 is 0 Å². The molecule has 21 heavy (non-hydrogen) atoms. The molecular weight excluding hydrogens is 258 g/mol. The summed E-state index contributed by atoms with van der Waals surface area (Å²) in [6.45, 7) is 7.06. The number of nitrogens with one attached hydrogen (secondary N) is 1. The molecule has 0 amide bonds. The molecule has 1 aromatic heterocycles. The first kappa shape index (κ1) is 15.7. The van der Waals surface area contributed by atoms with E-state index in [0.717, 1.165) is 31.0 Å². The summed E-state index contributed by atoms with van der Waals surface area (Å²) in [5.41, 5.74) is 3.56. The van der Waals surface area contributed by atoms with Crippen LogP contribution in [0, 0.1) is 6.92 Å². The van der Waals surface area contributed by atoms with Crippen molar-refractivity contribution in [3.8, 4) is 0 Å². The lowest BCUT2D eigenvalue weighted by molar-refractivity contribution is 0.194. The van der Waals surface area contributed by atoms with Gasteiger partial charge < -0.3 is 5.32 Å². The lowest BCUT2D eigenvalue weighted by Gasteiger charge is -2.31. The van der Waals surface area contributed by atoms with Crippen LogP contribution in [-0.4, -0.2) is 30.0 Å². The van der Waals surface area contributed by atoms with Crippen molar-refractivity contribution in [1.29, 1.82) is 0 Å². The second kappa shape index (κ2) is 7.91. The van der Waals surface area contributed by atoms with Crippen LogP contribution < -0.4 is 5.32 Å². The van der Waals surface area contributed by atoms with Gasteiger partial charge in [0.2, 0.25) is 0 Å². The fourth-order valence-electron chi connectivity index (χ4n) is 2.66. The van der Waals surface area contributed by atoms with Crippen LogP contribution in [-0.2, 0) is 6.54 Å². The molecule has 3 heteroatoms. The highest BCUT2D eigenvalue weighted by molar-refractivity contribution is 5.20. The summed E-state index contributed by atoms with van der Waals surface area (Å²) >= 11 is 0. The Bertz CT molecular complexity index is 539. The summed E-state index contributed by atoms with van der Waals surface area (Å²) in [7, 11) is 2.01. The Morgan fingerprint density at radius 1 is 1.10 bits per heavy atom. The summed E-state index contributed by atoms with van der Waals surface area (Å²) in [5, 5.41) is 3.32. The standard InChI is InChI=1S/C18H25N3/c1-4-21(14-17-12-8-9-15(2)20-17)18(13-19-3)16-10-6-5-7-11-16/h5-12,18-19H,4,13-14H2,1-3H3. The van der Waals surface area contributed by atoms with Crippen LogP contribution in [0.3, 0.4) is 0 Å². The molecule has 1 aromatic carbocycles. The van der Waals surface area contributed by atoms with Gasteiger partial charge in [-0.05, 0) is 38.2 Å². The molecule has 1 unspecified atom stereocenters. The van der Waals surface area contributed by atoms with E-state index in [1.807, 2.05) is 20.0 Å². The van der Waals surface area contributed by atoms with Crippen LogP contribution in [0.2, 0.25) is 0 Å². The molecule has 2 rings (SSSR count). The molecule has 0 aliphatic carbocycles. The van der Waals surface area contributed by atoms with E-state index < -0.39 is 0 Å². The first-order valence-corrected chi connectivity index (χ1v) is 7.60. The molecule has 3 nitrogen and oxygen atoms in total. The largest absolute Gasteiger partial charge is 0.318 e. The van der Waals surface area contributed by atoms with Crippen LogP contribution in [0.15, 0.2) is 48.5 Å². The summed E-state index contributed by atoms with van der Waals surface area (Å²) in [6.07, 6.45) is 0. The van der Waals surface area contributed by atoms with Gasteiger partial charge in [-0.3, -0.25) is 9.88 Å². The number of nitrogens with zero attached hydrogens (tertiary/aromatic N) is 2. The molecule has 0 saturated carbocycles. The second-order valence-electron chi connectivity index (χ2n) is 5.32. The van der Waals surface area contributed by atoms with Gasteiger partial charge in [-0.25, -0.2) is 0 Å². The molecule has 0 saturated heterocycles. The minimum Gasteiger partial charge on any atom is -0.318 e. The van der Waals surface area contributed by atoms with Crippen molar-refractivity contribution in [2.45, 2.75) is 26.4 Å². The molecule has 1 heterocycles. The molecule has 1 N–H and O–H groups in total. The van der Waals surface area contributed by atoms with E-state index in [1.165, 1.54) is 5.56 Å². The molecule has 0 spiro atoms. The summed E-state index contributed by atoms with van der Waals surface area (Å²) < 4.78 is 0. The van der Waals surface area contributed by atoms with E-state index >= 15 is 0 Å². The molecule has 2 aromatic rings. The van der Waals surface area contributed by atoms with E-state index in [-0.39, 0.29) is 0 Å². The molecule has 0 aliphatic heterocycles. The minimum absolute atomic E-state index is 0.364. The third-order valence-corrected chi connectivity index (χ3v) is 3.74. The van der Waals surface area contributed by atoms with E-state index in [4.69, 9.17) is 0 Å². The maximum atomic E-state index is 4.64. The Kier molecular flexibility index (Phi) is 5.90. The Morgan fingerprint density at radius 2 is 1.86 bits per heavy atom. The Hall–Kier alpha value is -1.71. The fourth-order valence-corrected chi connectivity index (χ4v) is 2.66. The van der Waals surface area contributed by atoms with Crippen LogP contribution in [0.5, 0.6) is 0 Å². The number of benzene rings is 1. The average Bonchev–Trinajstić information content (AvgIpc) is 2.51. The van der Waals surface area contributed by atoms with Gasteiger partial charge in [-0.2, -0.15) is 0 Å². The molecule has 0 aliphatic rings. The maximum Gasteiger partial charge on any atom is 0.0547 e. The van der Waals surface area contributed by atoms with Gasteiger partial charge in [0.05, 0.1) is 5.69 Å². The lowest BCUT2D eigenvalue weighted by Crippen LogP contribution is -2.34. The van der Waals surface area contributed by atoms with E-state index in [2.05, 4.69) is 64.6 Å². The van der Waals surface area contributed by atoms with Crippen LogP contribution >= 0.6 is 0 Å². The average molecular weight is 283 g/mol.